The second-order valence-electron chi connectivity index (χ2n) is 4.90. The van der Waals surface area contributed by atoms with Crippen molar-refractivity contribution in [2.75, 3.05) is 6.54 Å². The molecule has 1 aliphatic rings. The molecule has 0 spiro atoms. The highest BCUT2D eigenvalue weighted by atomic mass is 16.6. The van der Waals surface area contributed by atoms with Gasteiger partial charge in [-0.3, -0.25) is 0 Å². The van der Waals surface area contributed by atoms with Crippen molar-refractivity contribution >= 4 is 5.97 Å². The summed E-state index contributed by atoms with van der Waals surface area (Å²) in [6.45, 7) is 5.45. The molecule has 1 unspecified atom stereocenters. The van der Waals surface area contributed by atoms with Gasteiger partial charge < -0.3 is 15.1 Å². The van der Waals surface area contributed by atoms with Crippen LogP contribution in [0.5, 0.6) is 0 Å². The third-order valence-electron chi connectivity index (χ3n) is 2.30. The first-order chi connectivity index (χ1) is 6.76. The Hall–Kier alpha value is -0.650. The predicted molar refractivity (Wildman–Crippen MR) is 53.1 cm³/mol. The van der Waals surface area contributed by atoms with Gasteiger partial charge in [0, 0.05) is 13.0 Å². The summed E-state index contributed by atoms with van der Waals surface area (Å²) in [5, 5.41) is 20.1. The molecule has 0 aromatic rings. The molecule has 0 saturated carbocycles. The number of carbonyl (C=O) groups is 1. The molecule has 88 valence electrons. The van der Waals surface area contributed by atoms with Gasteiger partial charge in [-0.15, -0.1) is 0 Å². The molecule has 0 aliphatic carbocycles. The molecule has 5 nitrogen and oxygen atoms in total. The van der Waals surface area contributed by atoms with Crippen molar-refractivity contribution in [3.05, 3.63) is 0 Å². The Kier molecular flexibility index (Phi) is 3.38. The van der Waals surface area contributed by atoms with Gasteiger partial charge >= 0.3 is 5.97 Å². The summed E-state index contributed by atoms with van der Waals surface area (Å²) in [5.74, 6) is -0.780. The molecule has 0 aromatic heterocycles. The lowest BCUT2D eigenvalue weighted by molar-refractivity contribution is -0.281. The zero-order valence-corrected chi connectivity index (χ0v) is 9.49. The molecule has 1 rings (SSSR count). The van der Waals surface area contributed by atoms with E-state index in [9.17, 15) is 15.1 Å². The molecule has 2 N–H and O–H groups in total. The van der Waals surface area contributed by atoms with E-state index in [-0.39, 0.29) is 13.0 Å². The van der Waals surface area contributed by atoms with Gasteiger partial charge in [-0.05, 0) is 33.6 Å². The topological polar surface area (TPSA) is 70.0 Å². The predicted octanol–water partition coefficient (Wildman–Crippen LogP) is 0.892. The van der Waals surface area contributed by atoms with E-state index < -0.39 is 17.3 Å². The second kappa shape index (κ2) is 4.08. The summed E-state index contributed by atoms with van der Waals surface area (Å²) in [4.78, 5) is 11.7. The molecule has 1 heterocycles. The quantitative estimate of drug-likeness (QED) is 0.638. The van der Waals surface area contributed by atoms with Crippen molar-refractivity contribution < 1.29 is 19.8 Å². The highest BCUT2D eigenvalue weighted by Crippen LogP contribution is 2.27. The maximum atomic E-state index is 11.7. The Bertz CT molecular complexity index is 248. The first kappa shape index (κ1) is 12.4. The average Bonchev–Trinajstić information content (AvgIpc) is 2.07. The minimum Gasteiger partial charge on any atom is -0.457 e. The Balaban J connectivity index is 2.71. The minimum atomic E-state index is -1.87. The first-order valence-corrected chi connectivity index (χ1v) is 5.18. The number of esters is 1. The number of aliphatic hydroxyl groups is 1. The Morgan fingerprint density at radius 3 is 2.47 bits per heavy atom. The van der Waals surface area contributed by atoms with E-state index in [0.29, 0.717) is 11.5 Å². The van der Waals surface area contributed by atoms with Gasteiger partial charge in [0.25, 0.3) is 0 Å². The molecular formula is C10H19NO4. The van der Waals surface area contributed by atoms with E-state index in [4.69, 9.17) is 4.74 Å². The van der Waals surface area contributed by atoms with Crippen LogP contribution in [0.1, 0.15) is 40.0 Å². The number of hydroxylamine groups is 2. The average molecular weight is 217 g/mol. The van der Waals surface area contributed by atoms with Gasteiger partial charge in [0.05, 0.1) is 0 Å². The van der Waals surface area contributed by atoms with Gasteiger partial charge in [-0.2, -0.15) is 5.06 Å². The molecule has 5 heteroatoms. The Labute approximate surface area is 89.6 Å². The van der Waals surface area contributed by atoms with Crippen LogP contribution in [0.25, 0.3) is 0 Å². The van der Waals surface area contributed by atoms with Crippen molar-refractivity contribution in [1.29, 1.82) is 0 Å². The lowest BCUT2D eigenvalue weighted by Gasteiger charge is -2.38. The molecular weight excluding hydrogens is 198 g/mol. The number of carbonyl (C=O) groups excluding carboxylic acids is 1. The minimum absolute atomic E-state index is 0.207. The number of piperidine rings is 1. The monoisotopic (exact) mass is 217 g/mol. The summed E-state index contributed by atoms with van der Waals surface area (Å²) < 4.78 is 5.06. The van der Waals surface area contributed by atoms with Gasteiger partial charge in [-0.1, -0.05) is 0 Å². The van der Waals surface area contributed by atoms with Crippen molar-refractivity contribution in [3.63, 3.8) is 0 Å². The van der Waals surface area contributed by atoms with E-state index in [2.05, 4.69) is 0 Å². The van der Waals surface area contributed by atoms with E-state index in [0.717, 1.165) is 6.42 Å². The Morgan fingerprint density at radius 1 is 1.40 bits per heavy atom. The van der Waals surface area contributed by atoms with E-state index >= 15 is 0 Å². The highest BCUT2D eigenvalue weighted by molar-refractivity contribution is 5.79. The van der Waals surface area contributed by atoms with Crippen molar-refractivity contribution in [3.8, 4) is 0 Å². The van der Waals surface area contributed by atoms with Gasteiger partial charge in [0.1, 0.15) is 5.60 Å². The zero-order chi connectivity index (χ0) is 11.7. The van der Waals surface area contributed by atoms with Crippen LogP contribution in [0.4, 0.5) is 0 Å². The summed E-state index contributed by atoms with van der Waals surface area (Å²) in [6.07, 6.45) is 1.67. The number of hydrogen-bond acceptors (Lipinski definition) is 5. The fourth-order valence-electron chi connectivity index (χ4n) is 1.51. The van der Waals surface area contributed by atoms with E-state index in [1.54, 1.807) is 20.8 Å². The lowest BCUT2D eigenvalue weighted by Crippen LogP contribution is -2.57. The molecule has 0 bridgehead atoms. The Morgan fingerprint density at radius 2 is 2.00 bits per heavy atom. The summed E-state index contributed by atoms with van der Waals surface area (Å²) in [5.41, 5.74) is -2.53. The molecule has 0 amide bonds. The maximum Gasteiger partial charge on any atom is 0.356 e. The SMILES string of the molecule is CC(C)(C)OC(=O)C1(O)CCCCN1O. The standard InChI is InChI=1S/C10H19NO4/c1-9(2,3)15-8(12)10(13)6-4-5-7-11(10)14/h13-14H,4-7H2,1-3H3. The fraction of sp³-hybridized carbons (Fsp3) is 0.900. The van der Waals surface area contributed by atoms with Crippen LogP contribution in [0, 0.1) is 0 Å². The van der Waals surface area contributed by atoms with Crippen molar-refractivity contribution in [2.45, 2.75) is 51.4 Å². The van der Waals surface area contributed by atoms with Crippen LogP contribution < -0.4 is 0 Å². The third kappa shape index (κ3) is 2.90. The molecule has 1 aliphatic heterocycles. The number of ether oxygens (including phenoxy) is 1. The van der Waals surface area contributed by atoms with E-state index in [1.165, 1.54) is 0 Å². The van der Waals surface area contributed by atoms with Crippen LogP contribution in [-0.4, -0.2) is 39.2 Å². The number of rotatable bonds is 1. The second-order valence-corrected chi connectivity index (χ2v) is 4.90. The van der Waals surface area contributed by atoms with Crippen LogP contribution >= 0.6 is 0 Å². The van der Waals surface area contributed by atoms with Gasteiger partial charge in [0.2, 0.25) is 5.72 Å². The molecule has 15 heavy (non-hydrogen) atoms. The highest BCUT2D eigenvalue weighted by Gasteiger charge is 2.46. The normalized spacial score (nSPS) is 28.9. The summed E-state index contributed by atoms with van der Waals surface area (Å²) in [6, 6.07) is 0. The maximum absolute atomic E-state index is 11.7. The van der Waals surface area contributed by atoms with Crippen LogP contribution in [0.15, 0.2) is 0 Å². The smallest absolute Gasteiger partial charge is 0.356 e. The van der Waals surface area contributed by atoms with Crippen molar-refractivity contribution in [1.82, 2.24) is 5.06 Å². The number of hydrogen-bond donors (Lipinski definition) is 2. The molecule has 0 radical (unpaired) electrons. The van der Waals surface area contributed by atoms with Crippen LogP contribution in [0.3, 0.4) is 0 Å². The van der Waals surface area contributed by atoms with Gasteiger partial charge in [-0.25, -0.2) is 4.79 Å². The lowest BCUT2D eigenvalue weighted by atomic mass is 10.0. The fourth-order valence-corrected chi connectivity index (χ4v) is 1.51. The first-order valence-electron chi connectivity index (χ1n) is 5.18. The number of nitrogens with zero attached hydrogens (tertiary/aromatic N) is 1. The molecule has 1 atom stereocenters. The third-order valence-corrected chi connectivity index (χ3v) is 2.30. The molecule has 1 saturated heterocycles. The van der Waals surface area contributed by atoms with E-state index in [1.807, 2.05) is 0 Å². The zero-order valence-electron chi connectivity index (χ0n) is 9.49. The summed E-state index contributed by atoms with van der Waals surface area (Å²) in [7, 11) is 0. The van der Waals surface area contributed by atoms with Crippen LogP contribution in [-0.2, 0) is 9.53 Å². The largest absolute Gasteiger partial charge is 0.457 e. The molecule has 0 aromatic carbocycles. The summed E-state index contributed by atoms with van der Waals surface area (Å²) >= 11 is 0. The van der Waals surface area contributed by atoms with Crippen molar-refractivity contribution in [2.24, 2.45) is 0 Å². The van der Waals surface area contributed by atoms with Crippen LogP contribution in [0.2, 0.25) is 0 Å². The molecule has 1 fully saturated rings. The van der Waals surface area contributed by atoms with Gasteiger partial charge in [0.15, 0.2) is 0 Å².